The first kappa shape index (κ1) is 13.1. The molecule has 0 aliphatic carbocycles. The molecule has 0 aromatic heterocycles. The van der Waals surface area contributed by atoms with Crippen molar-refractivity contribution in [3.05, 3.63) is 33.8 Å². The lowest BCUT2D eigenvalue weighted by Gasteiger charge is -2.25. The summed E-state index contributed by atoms with van der Waals surface area (Å²) in [5.41, 5.74) is 0.923. The van der Waals surface area contributed by atoms with E-state index in [0.717, 1.165) is 5.56 Å². The highest BCUT2D eigenvalue weighted by Crippen LogP contribution is 2.32. The smallest absolute Gasteiger partial charge is 0.224 e. The Morgan fingerprint density at radius 2 is 2.18 bits per heavy atom. The van der Waals surface area contributed by atoms with Gasteiger partial charge in [-0.15, -0.1) is 0 Å². The Morgan fingerprint density at radius 1 is 1.47 bits per heavy atom. The molecule has 1 aliphatic rings. The molecule has 0 N–H and O–H groups in total. The molecule has 17 heavy (non-hydrogen) atoms. The lowest BCUT2D eigenvalue weighted by Crippen LogP contribution is -2.28. The molecule has 0 saturated carbocycles. The zero-order valence-electron chi connectivity index (χ0n) is 9.36. The Kier molecular flexibility index (Phi) is 3.91. The van der Waals surface area contributed by atoms with Crippen molar-refractivity contribution in [2.24, 2.45) is 0 Å². The molecule has 2 nitrogen and oxygen atoms in total. The van der Waals surface area contributed by atoms with E-state index in [2.05, 4.69) is 12.6 Å². The highest BCUT2D eigenvalue weighted by molar-refractivity contribution is 7.81. The van der Waals surface area contributed by atoms with Gasteiger partial charge in [0.1, 0.15) is 0 Å². The number of thiol groups is 1. The maximum Gasteiger partial charge on any atom is 0.224 e. The number of likely N-dealkylation sites (tertiary alicyclic amines) is 1. The second kappa shape index (κ2) is 5.09. The molecule has 0 radical (unpaired) electrons. The van der Waals surface area contributed by atoms with Gasteiger partial charge in [-0.1, -0.05) is 29.3 Å². The zero-order valence-corrected chi connectivity index (χ0v) is 11.8. The maximum atomic E-state index is 11.8. The Hall–Kier alpha value is -0.380. The third-order valence-corrected chi connectivity index (χ3v) is 3.93. The lowest BCUT2D eigenvalue weighted by atomic mass is 10.1. The van der Waals surface area contributed by atoms with Crippen LogP contribution in [-0.4, -0.2) is 22.6 Å². The van der Waals surface area contributed by atoms with E-state index in [9.17, 15) is 4.79 Å². The number of rotatable bonds is 2. The van der Waals surface area contributed by atoms with Crippen LogP contribution in [0.4, 0.5) is 0 Å². The van der Waals surface area contributed by atoms with Crippen LogP contribution in [0.5, 0.6) is 0 Å². The molecule has 2 atom stereocenters. The highest BCUT2D eigenvalue weighted by atomic mass is 35.5. The van der Waals surface area contributed by atoms with Gasteiger partial charge in [0.05, 0.1) is 6.04 Å². The van der Waals surface area contributed by atoms with E-state index in [1.807, 2.05) is 17.9 Å². The van der Waals surface area contributed by atoms with Crippen LogP contribution >= 0.6 is 35.8 Å². The van der Waals surface area contributed by atoms with Gasteiger partial charge in [-0.25, -0.2) is 0 Å². The van der Waals surface area contributed by atoms with Crippen molar-refractivity contribution in [1.82, 2.24) is 4.90 Å². The lowest BCUT2D eigenvalue weighted by molar-refractivity contribution is -0.129. The first-order chi connectivity index (χ1) is 7.99. The number of nitrogens with zero attached hydrogens (tertiary/aromatic N) is 1. The fourth-order valence-corrected chi connectivity index (χ4v) is 2.99. The van der Waals surface area contributed by atoms with Crippen molar-refractivity contribution in [3.8, 4) is 0 Å². The number of amides is 1. The molecule has 2 unspecified atom stereocenters. The van der Waals surface area contributed by atoms with Crippen molar-refractivity contribution in [2.45, 2.75) is 24.6 Å². The summed E-state index contributed by atoms with van der Waals surface area (Å²) in [5, 5.41) is 1.32. The molecule has 0 bridgehead atoms. The molecule has 1 aromatic rings. The number of hydrogen-bond acceptors (Lipinski definition) is 2. The molecule has 1 amide bonds. The summed E-state index contributed by atoms with van der Waals surface area (Å²) in [6.07, 6.45) is 0.499. The van der Waals surface area contributed by atoms with Gasteiger partial charge in [-0.3, -0.25) is 4.79 Å². The molecule has 1 heterocycles. The molecule has 1 aliphatic heterocycles. The summed E-state index contributed by atoms with van der Waals surface area (Å²) < 4.78 is 0. The Bertz CT molecular complexity index is 452. The van der Waals surface area contributed by atoms with Gasteiger partial charge in [0.25, 0.3) is 0 Å². The van der Waals surface area contributed by atoms with Crippen LogP contribution in [0.2, 0.25) is 10.0 Å². The van der Waals surface area contributed by atoms with Crippen molar-refractivity contribution in [1.29, 1.82) is 0 Å². The largest absolute Gasteiger partial charge is 0.335 e. The van der Waals surface area contributed by atoms with Crippen LogP contribution in [-0.2, 0) is 4.79 Å². The van der Waals surface area contributed by atoms with Gasteiger partial charge in [-0.2, -0.15) is 12.6 Å². The van der Waals surface area contributed by atoms with Crippen LogP contribution in [0, 0.1) is 0 Å². The van der Waals surface area contributed by atoms with Crippen molar-refractivity contribution >= 4 is 41.7 Å². The minimum absolute atomic E-state index is 0.0376. The maximum absolute atomic E-state index is 11.8. The molecule has 1 fully saturated rings. The number of halogens is 2. The fraction of sp³-hybridized carbons (Fsp3) is 0.417. The Morgan fingerprint density at radius 3 is 2.71 bits per heavy atom. The van der Waals surface area contributed by atoms with Gasteiger partial charge in [-0.05, 0) is 24.6 Å². The summed E-state index contributed by atoms with van der Waals surface area (Å²) in [7, 11) is 0. The van der Waals surface area contributed by atoms with Gasteiger partial charge < -0.3 is 4.90 Å². The Balaban J connectivity index is 2.25. The van der Waals surface area contributed by atoms with E-state index in [4.69, 9.17) is 23.2 Å². The molecule has 5 heteroatoms. The van der Waals surface area contributed by atoms with E-state index in [0.29, 0.717) is 23.0 Å². The van der Waals surface area contributed by atoms with Gasteiger partial charge in [0, 0.05) is 28.3 Å². The van der Waals surface area contributed by atoms with Crippen molar-refractivity contribution < 1.29 is 4.79 Å². The minimum atomic E-state index is -0.0376. The first-order valence-corrected chi connectivity index (χ1v) is 6.68. The highest BCUT2D eigenvalue weighted by Gasteiger charge is 2.31. The molecule has 1 saturated heterocycles. The predicted molar refractivity (Wildman–Crippen MR) is 74.0 cm³/mol. The second-order valence-electron chi connectivity index (χ2n) is 4.25. The second-order valence-corrected chi connectivity index (χ2v) is 5.82. The SMILES string of the molecule is CC(c1ccc(Cl)cc1Cl)N1CC(S)CC1=O. The standard InChI is InChI=1S/C12H13Cl2NOS/c1-7(15-6-9(17)5-12(15)16)10-3-2-8(13)4-11(10)14/h2-4,7,9,17H,5-6H2,1H3. The third kappa shape index (κ3) is 2.72. The molecular weight excluding hydrogens is 277 g/mol. The van der Waals surface area contributed by atoms with Crippen LogP contribution in [0.25, 0.3) is 0 Å². The topological polar surface area (TPSA) is 20.3 Å². The van der Waals surface area contributed by atoms with Crippen LogP contribution in [0.3, 0.4) is 0 Å². The summed E-state index contributed by atoms with van der Waals surface area (Å²) in [6, 6.07) is 5.32. The van der Waals surface area contributed by atoms with E-state index >= 15 is 0 Å². The zero-order chi connectivity index (χ0) is 12.6. The monoisotopic (exact) mass is 289 g/mol. The van der Waals surface area contributed by atoms with Crippen molar-refractivity contribution in [2.75, 3.05) is 6.54 Å². The fourth-order valence-electron chi connectivity index (χ4n) is 2.09. The van der Waals surface area contributed by atoms with E-state index < -0.39 is 0 Å². The molecule has 0 spiro atoms. The average molecular weight is 290 g/mol. The summed E-state index contributed by atoms with van der Waals surface area (Å²) in [4.78, 5) is 13.6. The van der Waals surface area contributed by atoms with E-state index in [1.165, 1.54) is 0 Å². The van der Waals surface area contributed by atoms with Crippen LogP contribution in [0.1, 0.15) is 24.9 Å². The first-order valence-electron chi connectivity index (χ1n) is 5.41. The van der Waals surface area contributed by atoms with E-state index in [-0.39, 0.29) is 17.2 Å². The summed E-state index contributed by atoms with van der Waals surface area (Å²) in [5.74, 6) is 0.128. The number of benzene rings is 1. The molecule has 1 aromatic carbocycles. The summed E-state index contributed by atoms with van der Waals surface area (Å²) >= 11 is 16.3. The average Bonchev–Trinajstić information content (AvgIpc) is 2.57. The predicted octanol–water partition coefficient (Wildman–Crippen LogP) is 3.59. The number of carbonyl (C=O) groups is 1. The van der Waals surface area contributed by atoms with Crippen LogP contribution in [0.15, 0.2) is 18.2 Å². The van der Waals surface area contributed by atoms with E-state index in [1.54, 1.807) is 12.1 Å². The molecule has 92 valence electrons. The Labute approximate surface area is 116 Å². The third-order valence-electron chi connectivity index (χ3n) is 3.02. The number of carbonyl (C=O) groups excluding carboxylic acids is 1. The minimum Gasteiger partial charge on any atom is -0.335 e. The van der Waals surface area contributed by atoms with Gasteiger partial charge in [0.2, 0.25) is 5.91 Å². The molecular formula is C12H13Cl2NOS. The summed E-state index contributed by atoms with van der Waals surface area (Å²) in [6.45, 7) is 2.64. The van der Waals surface area contributed by atoms with Gasteiger partial charge >= 0.3 is 0 Å². The number of hydrogen-bond donors (Lipinski definition) is 1. The quantitative estimate of drug-likeness (QED) is 0.825. The van der Waals surface area contributed by atoms with Crippen LogP contribution < -0.4 is 0 Å². The normalized spacial score (nSPS) is 22.0. The van der Waals surface area contributed by atoms with Crippen molar-refractivity contribution in [3.63, 3.8) is 0 Å². The van der Waals surface area contributed by atoms with Gasteiger partial charge in [0.15, 0.2) is 0 Å². The molecule has 2 rings (SSSR count).